The van der Waals surface area contributed by atoms with Crippen molar-refractivity contribution >= 4 is 8.81 Å². The number of hydrogen-bond acceptors (Lipinski definition) is 2. The highest BCUT2D eigenvalue weighted by Crippen LogP contribution is 2.49. The van der Waals surface area contributed by atoms with E-state index < -0.39 is 0 Å². The molecule has 0 N–H and O–H groups in total. The Hall–Kier alpha value is 0.350. The predicted octanol–water partition coefficient (Wildman–Crippen LogP) is 2.10. The third kappa shape index (κ3) is 1.12. The minimum absolute atomic E-state index is 0.120. The zero-order chi connectivity index (χ0) is 7.12. The maximum atomic E-state index is 5.07. The molecule has 1 aliphatic rings. The first-order chi connectivity index (χ1) is 3.96. The molecule has 0 aliphatic carbocycles. The van der Waals surface area contributed by atoms with Crippen LogP contribution < -0.4 is 0 Å². The van der Waals surface area contributed by atoms with E-state index in [2.05, 4.69) is 13.8 Å². The van der Waals surface area contributed by atoms with Crippen LogP contribution in [0.15, 0.2) is 0 Å². The Morgan fingerprint density at radius 1 is 1.11 bits per heavy atom. The Morgan fingerprint density at radius 2 is 1.67 bits per heavy atom. The lowest BCUT2D eigenvalue weighted by atomic mass is 9.94. The molecule has 1 unspecified atom stereocenters. The van der Waals surface area contributed by atoms with Crippen molar-refractivity contribution < 1.29 is 9.56 Å². The third-order valence-corrected chi connectivity index (χ3v) is 3.33. The smallest absolute Gasteiger partial charge is 0.109 e. The van der Waals surface area contributed by atoms with Crippen LogP contribution in [-0.2, 0) is 9.56 Å². The quantitative estimate of drug-likeness (QED) is 0.387. The first-order valence-corrected chi connectivity index (χ1v) is 3.98. The standard InChI is InChI=1S/C6H13O2P/c1-5(2)6(3,4)9-8-7-5/h9H,1-4H3. The van der Waals surface area contributed by atoms with Gasteiger partial charge in [-0.3, -0.25) is 0 Å². The van der Waals surface area contributed by atoms with Gasteiger partial charge in [0.2, 0.25) is 0 Å². The summed E-state index contributed by atoms with van der Waals surface area (Å²) in [5, 5.41) is 0.174. The SMILES string of the molecule is CC1(C)OOPC1(C)C. The maximum Gasteiger partial charge on any atom is 0.109 e. The Bertz CT molecular complexity index is 106. The van der Waals surface area contributed by atoms with Gasteiger partial charge in [0.15, 0.2) is 0 Å². The van der Waals surface area contributed by atoms with Crippen molar-refractivity contribution in [1.82, 2.24) is 0 Å². The van der Waals surface area contributed by atoms with Gasteiger partial charge in [-0.2, -0.15) is 0 Å². The van der Waals surface area contributed by atoms with Gasteiger partial charge in [-0.25, -0.2) is 9.56 Å². The second-order valence-electron chi connectivity index (χ2n) is 3.40. The first kappa shape index (κ1) is 7.46. The average Bonchev–Trinajstić information content (AvgIpc) is 1.81. The molecular weight excluding hydrogens is 135 g/mol. The molecule has 1 fully saturated rings. The zero-order valence-corrected chi connectivity index (χ0v) is 7.32. The Morgan fingerprint density at radius 3 is 1.78 bits per heavy atom. The molecular formula is C6H13O2P. The van der Waals surface area contributed by atoms with E-state index in [1.54, 1.807) is 0 Å². The van der Waals surface area contributed by atoms with Crippen LogP contribution in [0.2, 0.25) is 0 Å². The topological polar surface area (TPSA) is 18.5 Å². The van der Waals surface area contributed by atoms with Gasteiger partial charge in [0.05, 0.1) is 8.81 Å². The van der Waals surface area contributed by atoms with Crippen molar-refractivity contribution in [3.63, 3.8) is 0 Å². The lowest BCUT2D eigenvalue weighted by Crippen LogP contribution is -2.38. The van der Waals surface area contributed by atoms with Crippen LogP contribution in [0.25, 0.3) is 0 Å². The summed E-state index contributed by atoms with van der Waals surface area (Å²) in [6.45, 7) is 8.40. The fourth-order valence-corrected chi connectivity index (χ4v) is 1.20. The fourth-order valence-electron chi connectivity index (χ4n) is 0.456. The van der Waals surface area contributed by atoms with Crippen LogP contribution in [0, 0.1) is 0 Å². The molecule has 0 amide bonds. The Kier molecular flexibility index (Phi) is 1.59. The van der Waals surface area contributed by atoms with E-state index >= 15 is 0 Å². The Labute approximate surface area is 57.7 Å². The largest absolute Gasteiger partial charge is 0.227 e. The molecule has 0 radical (unpaired) electrons. The molecule has 0 aromatic carbocycles. The molecule has 0 saturated carbocycles. The third-order valence-electron chi connectivity index (χ3n) is 2.05. The molecule has 0 spiro atoms. The minimum Gasteiger partial charge on any atom is -0.227 e. The van der Waals surface area contributed by atoms with Crippen LogP contribution in [0.4, 0.5) is 0 Å². The molecule has 9 heavy (non-hydrogen) atoms. The fraction of sp³-hybridized carbons (Fsp3) is 1.00. The molecule has 3 heteroatoms. The van der Waals surface area contributed by atoms with Crippen LogP contribution in [0.1, 0.15) is 27.7 Å². The summed E-state index contributed by atoms with van der Waals surface area (Å²) in [5.74, 6) is 0. The van der Waals surface area contributed by atoms with Crippen molar-refractivity contribution in [2.75, 3.05) is 0 Å². The molecule has 1 atom stereocenters. The van der Waals surface area contributed by atoms with E-state index in [1.807, 2.05) is 13.8 Å². The summed E-state index contributed by atoms with van der Waals surface area (Å²) < 4.78 is 4.90. The van der Waals surface area contributed by atoms with Gasteiger partial charge in [0.25, 0.3) is 0 Å². The molecule has 0 aromatic heterocycles. The number of hydrogen-bond donors (Lipinski definition) is 0. The highest BCUT2D eigenvalue weighted by molar-refractivity contribution is 7.34. The molecule has 1 saturated heterocycles. The average molecular weight is 148 g/mol. The van der Waals surface area contributed by atoms with E-state index in [4.69, 9.17) is 9.56 Å². The highest BCUT2D eigenvalue weighted by atomic mass is 31.1. The van der Waals surface area contributed by atoms with Gasteiger partial charge < -0.3 is 0 Å². The molecule has 1 rings (SSSR count). The molecule has 54 valence electrons. The van der Waals surface area contributed by atoms with E-state index in [0.29, 0.717) is 8.81 Å². The molecule has 0 aromatic rings. The maximum absolute atomic E-state index is 5.07. The van der Waals surface area contributed by atoms with Gasteiger partial charge in [0.1, 0.15) is 5.60 Å². The van der Waals surface area contributed by atoms with Crippen molar-refractivity contribution in [1.29, 1.82) is 0 Å². The van der Waals surface area contributed by atoms with E-state index in [0.717, 1.165) is 0 Å². The van der Waals surface area contributed by atoms with E-state index in [9.17, 15) is 0 Å². The lowest BCUT2D eigenvalue weighted by molar-refractivity contribution is -0.254. The first-order valence-electron chi connectivity index (χ1n) is 3.07. The minimum atomic E-state index is -0.120. The predicted molar refractivity (Wildman–Crippen MR) is 38.6 cm³/mol. The molecule has 1 heterocycles. The summed E-state index contributed by atoms with van der Waals surface area (Å²) in [7, 11) is 0.465. The van der Waals surface area contributed by atoms with Gasteiger partial charge in [-0.15, -0.1) is 0 Å². The summed E-state index contributed by atoms with van der Waals surface area (Å²) >= 11 is 0. The lowest BCUT2D eigenvalue weighted by Gasteiger charge is -2.28. The Balaban J connectivity index is 2.75. The van der Waals surface area contributed by atoms with Crippen LogP contribution in [-0.4, -0.2) is 10.8 Å². The van der Waals surface area contributed by atoms with Crippen molar-refractivity contribution in [2.24, 2.45) is 0 Å². The van der Waals surface area contributed by atoms with Crippen LogP contribution in [0.3, 0.4) is 0 Å². The summed E-state index contributed by atoms with van der Waals surface area (Å²) in [6, 6.07) is 0. The van der Waals surface area contributed by atoms with Gasteiger partial charge >= 0.3 is 0 Å². The van der Waals surface area contributed by atoms with Crippen LogP contribution in [0.5, 0.6) is 0 Å². The normalized spacial score (nSPS) is 33.3. The second-order valence-corrected chi connectivity index (χ2v) is 5.02. The highest BCUT2D eigenvalue weighted by Gasteiger charge is 2.45. The van der Waals surface area contributed by atoms with Gasteiger partial charge in [-0.1, -0.05) is 13.8 Å². The second kappa shape index (κ2) is 1.91. The number of rotatable bonds is 0. The molecule has 1 aliphatic heterocycles. The van der Waals surface area contributed by atoms with E-state index in [-0.39, 0.29) is 10.8 Å². The molecule has 0 bridgehead atoms. The summed E-state index contributed by atoms with van der Waals surface area (Å²) in [5.41, 5.74) is -0.120. The monoisotopic (exact) mass is 148 g/mol. The van der Waals surface area contributed by atoms with Crippen LogP contribution >= 0.6 is 8.81 Å². The zero-order valence-electron chi connectivity index (χ0n) is 6.32. The molecule has 2 nitrogen and oxygen atoms in total. The van der Waals surface area contributed by atoms with E-state index in [1.165, 1.54) is 0 Å². The summed E-state index contributed by atoms with van der Waals surface area (Å²) in [6.07, 6.45) is 0. The van der Waals surface area contributed by atoms with Crippen molar-refractivity contribution in [3.8, 4) is 0 Å². The van der Waals surface area contributed by atoms with Gasteiger partial charge in [-0.05, 0) is 13.8 Å². The van der Waals surface area contributed by atoms with Gasteiger partial charge in [0, 0.05) is 5.16 Å². The van der Waals surface area contributed by atoms with Crippen molar-refractivity contribution in [3.05, 3.63) is 0 Å². The van der Waals surface area contributed by atoms with Crippen molar-refractivity contribution in [2.45, 2.75) is 38.5 Å². The summed E-state index contributed by atoms with van der Waals surface area (Å²) in [4.78, 5) is 5.07.